The van der Waals surface area contributed by atoms with Gasteiger partial charge in [-0.3, -0.25) is 4.79 Å². The zero-order chi connectivity index (χ0) is 14.5. The number of hydrogen-bond acceptors (Lipinski definition) is 2. The highest BCUT2D eigenvalue weighted by atomic mass is 16.3. The van der Waals surface area contributed by atoms with Crippen molar-refractivity contribution in [1.29, 1.82) is 0 Å². The molecule has 0 aromatic rings. The predicted octanol–water partition coefficient (Wildman–Crippen LogP) is 3.07. The normalized spacial score (nSPS) is 24.3. The molecule has 0 heterocycles. The van der Waals surface area contributed by atoms with Crippen LogP contribution in [0.25, 0.3) is 0 Å². The molecule has 0 bridgehead atoms. The number of aliphatic hydroxyl groups excluding tert-OH is 1. The largest absolute Gasteiger partial charge is 0.396 e. The van der Waals surface area contributed by atoms with Gasteiger partial charge in [-0.25, -0.2) is 0 Å². The van der Waals surface area contributed by atoms with Crippen molar-refractivity contribution in [3.63, 3.8) is 0 Å². The van der Waals surface area contributed by atoms with Crippen molar-refractivity contribution in [3.05, 3.63) is 0 Å². The summed E-state index contributed by atoms with van der Waals surface area (Å²) in [6.07, 6.45) is 6.54. The van der Waals surface area contributed by atoms with Crippen molar-refractivity contribution in [1.82, 2.24) is 4.90 Å². The molecule has 1 fully saturated rings. The Hall–Kier alpha value is -0.570. The van der Waals surface area contributed by atoms with Crippen molar-refractivity contribution < 1.29 is 9.90 Å². The van der Waals surface area contributed by atoms with E-state index in [0.29, 0.717) is 11.8 Å². The van der Waals surface area contributed by atoms with Crippen LogP contribution >= 0.6 is 0 Å². The van der Waals surface area contributed by atoms with Crippen LogP contribution in [-0.2, 0) is 4.79 Å². The van der Waals surface area contributed by atoms with Crippen LogP contribution in [0.15, 0.2) is 0 Å². The third-order valence-electron chi connectivity index (χ3n) is 4.40. The van der Waals surface area contributed by atoms with Gasteiger partial charge in [-0.1, -0.05) is 33.6 Å². The molecular weight excluding hydrogens is 238 g/mol. The van der Waals surface area contributed by atoms with Crippen LogP contribution in [0.4, 0.5) is 0 Å². The molecule has 1 amide bonds. The first-order valence-electron chi connectivity index (χ1n) is 7.77. The number of carbonyl (C=O) groups excluding carboxylic acids is 1. The zero-order valence-electron chi connectivity index (χ0n) is 13.1. The van der Waals surface area contributed by atoms with Gasteiger partial charge in [0.25, 0.3) is 0 Å². The third kappa shape index (κ3) is 4.79. The Balaban J connectivity index is 2.69. The summed E-state index contributed by atoms with van der Waals surface area (Å²) in [5, 5.41) is 9.45. The summed E-state index contributed by atoms with van der Waals surface area (Å²) in [5.74, 6) is 0.944. The van der Waals surface area contributed by atoms with Crippen LogP contribution in [-0.4, -0.2) is 36.1 Å². The first-order valence-corrected chi connectivity index (χ1v) is 7.77. The highest BCUT2D eigenvalue weighted by molar-refractivity contribution is 5.79. The number of aliphatic hydroxyl groups is 1. The summed E-state index contributed by atoms with van der Waals surface area (Å²) >= 11 is 0. The van der Waals surface area contributed by atoms with E-state index < -0.39 is 0 Å². The topological polar surface area (TPSA) is 40.5 Å². The molecule has 1 saturated carbocycles. The van der Waals surface area contributed by atoms with Crippen LogP contribution < -0.4 is 0 Å². The van der Waals surface area contributed by atoms with Crippen molar-refractivity contribution in [3.8, 4) is 0 Å². The number of carbonyl (C=O) groups is 1. The van der Waals surface area contributed by atoms with Gasteiger partial charge < -0.3 is 10.0 Å². The van der Waals surface area contributed by atoms with Gasteiger partial charge in [-0.2, -0.15) is 0 Å². The molecule has 1 aliphatic rings. The predicted molar refractivity (Wildman–Crippen MR) is 78.9 cm³/mol. The number of rotatable bonds is 6. The monoisotopic (exact) mass is 269 g/mol. The van der Waals surface area contributed by atoms with Crippen LogP contribution in [0.2, 0.25) is 0 Å². The van der Waals surface area contributed by atoms with E-state index in [1.165, 1.54) is 12.8 Å². The minimum absolute atomic E-state index is 0.0656. The second kappa shape index (κ2) is 7.28. The molecule has 2 unspecified atom stereocenters. The van der Waals surface area contributed by atoms with E-state index >= 15 is 0 Å². The number of nitrogens with zero attached hydrogens (tertiary/aromatic N) is 1. The van der Waals surface area contributed by atoms with E-state index in [0.717, 1.165) is 32.2 Å². The molecule has 3 heteroatoms. The van der Waals surface area contributed by atoms with Gasteiger partial charge in [-0.15, -0.1) is 0 Å². The molecule has 0 radical (unpaired) electrons. The highest BCUT2D eigenvalue weighted by Gasteiger charge is 2.35. The molecule has 1 rings (SSSR count). The maximum atomic E-state index is 12.5. The Bertz CT molecular complexity index is 288. The smallest absolute Gasteiger partial charge is 0.225 e. The van der Waals surface area contributed by atoms with Gasteiger partial charge in [-0.05, 0) is 37.0 Å². The van der Waals surface area contributed by atoms with Gasteiger partial charge >= 0.3 is 0 Å². The molecule has 3 nitrogen and oxygen atoms in total. The van der Waals surface area contributed by atoms with Crippen LogP contribution in [0.3, 0.4) is 0 Å². The number of hydrogen-bond donors (Lipinski definition) is 1. The molecule has 1 N–H and O–H groups in total. The van der Waals surface area contributed by atoms with Crippen molar-refractivity contribution >= 4 is 5.91 Å². The van der Waals surface area contributed by atoms with E-state index in [1.807, 2.05) is 11.9 Å². The maximum Gasteiger partial charge on any atom is 0.225 e. The van der Waals surface area contributed by atoms with Crippen LogP contribution in [0, 0.1) is 17.3 Å². The van der Waals surface area contributed by atoms with Gasteiger partial charge in [0.1, 0.15) is 0 Å². The van der Waals surface area contributed by atoms with E-state index in [4.69, 9.17) is 0 Å². The highest BCUT2D eigenvalue weighted by Crippen LogP contribution is 2.38. The van der Waals surface area contributed by atoms with E-state index in [-0.39, 0.29) is 17.9 Å². The Kier molecular flexibility index (Phi) is 6.31. The lowest BCUT2D eigenvalue weighted by Crippen LogP contribution is -2.40. The first kappa shape index (κ1) is 16.5. The molecular formula is C16H31NO2. The van der Waals surface area contributed by atoms with Crippen LogP contribution in [0.1, 0.15) is 59.3 Å². The van der Waals surface area contributed by atoms with E-state index in [1.54, 1.807) is 0 Å². The van der Waals surface area contributed by atoms with Gasteiger partial charge in [0, 0.05) is 26.1 Å². The standard InChI is InChI=1S/C16H31NO2/c1-5-10-17(4)15(19)14-9-7-6-8-13(14)11-16(2,3)12-18/h13-14,18H,5-12H2,1-4H3. The van der Waals surface area contributed by atoms with Crippen molar-refractivity contribution in [2.24, 2.45) is 17.3 Å². The van der Waals surface area contributed by atoms with Gasteiger partial charge in [0.05, 0.1) is 0 Å². The quantitative estimate of drug-likeness (QED) is 0.805. The third-order valence-corrected chi connectivity index (χ3v) is 4.40. The van der Waals surface area contributed by atoms with E-state index in [9.17, 15) is 9.90 Å². The minimum atomic E-state index is -0.0656. The molecule has 0 spiro atoms. The minimum Gasteiger partial charge on any atom is -0.396 e. The lowest BCUT2D eigenvalue weighted by molar-refractivity contribution is -0.137. The van der Waals surface area contributed by atoms with Gasteiger partial charge in [0.15, 0.2) is 0 Å². The average molecular weight is 269 g/mol. The Morgan fingerprint density at radius 3 is 2.53 bits per heavy atom. The summed E-state index contributed by atoms with van der Waals surface area (Å²) in [7, 11) is 1.93. The van der Waals surface area contributed by atoms with E-state index in [2.05, 4.69) is 20.8 Å². The number of amides is 1. The van der Waals surface area contributed by atoms with Gasteiger partial charge in [0.2, 0.25) is 5.91 Å². The molecule has 0 aromatic heterocycles. The molecule has 112 valence electrons. The lowest BCUT2D eigenvalue weighted by atomic mass is 9.71. The second-order valence-electron chi connectivity index (χ2n) is 6.94. The molecule has 0 aliphatic heterocycles. The fraction of sp³-hybridized carbons (Fsp3) is 0.938. The fourth-order valence-electron chi connectivity index (χ4n) is 3.28. The Labute approximate surface area is 118 Å². The maximum absolute atomic E-state index is 12.5. The summed E-state index contributed by atoms with van der Waals surface area (Å²) in [4.78, 5) is 14.4. The average Bonchev–Trinajstić information content (AvgIpc) is 2.38. The molecule has 19 heavy (non-hydrogen) atoms. The zero-order valence-corrected chi connectivity index (χ0v) is 13.1. The molecule has 1 aliphatic carbocycles. The molecule has 0 saturated heterocycles. The lowest BCUT2D eigenvalue weighted by Gasteiger charge is -2.37. The SMILES string of the molecule is CCCN(C)C(=O)C1CCCCC1CC(C)(C)CO. The van der Waals surface area contributed by atoms with Crippen LogP contribution in [0.5, 0.6) is 0 Å². The van der Waals surface area contributed by atoms with Crippen molar-refractivity contribution in [2.45, 2.75) is 59.3 Å². The Morgan fingerprint density at radius 1 is 1.32 bits per heavy atom. The molecule has 0 aromatic carbocycles. The summed E-state index contributed by atoms with van der Waals surface area (Å²) in [5.41, 5.74) is -0.0656. The summed E-state index contributed by atoms with van der Waals surface area (Å²) in [6.45, 7) is 7.36. The fourth-order valence-corrected chi connectivity index (χ4v) is 3.28. The summed E-state index contributed by atoms with van der Waals surface area (Å²) in [6, 6.07) is 0. The summed E-state index contributed by atoms with van der Waals surface area (Å²) < 4.78 is 0. The molecule has 2 atom stereocenters. The second-order valence-corrected chi connectivity index (χ2v) is 6.94. The Morgan fingerprint density at radius 2 is 1.95 bits per heavy atom. The first-order chi connectivity index (χ1) is 8.91. The van der Waals surface area contributed by atoms with Crippen molar-refractivity contribution in [2.75, 3.05) is 20.2 Å².